The molecule has 0 bridgehead atoms. The highest BCUT2D eigenvalue weighted by Gasteiger charge is 2.29. The van der Waals surface area contributed by atoms with Gasteiger partial charge in [-0.1, -0.05) is 12.1 Å². The van der Waals surface area contributed by atoms with E-state index in [4.69, 9.17) is 9.47 Å². The maximum Gasteiger partial charge on any atom is 0.244 e. The van der Waals surface area contributed by atoms with E-state index in [2.05, 4.69) is 15.9 Å². The lowest BCUT2D eigenvalue weighted by Gasteiger charge is -2.25. The van der Waals surface area contributed by atoms with Gasteiger partial charge in [-0.05, 0) is 46.6 Å². The normalized spacial score (nSPS) is 13.4. The molecule has 0 aliphatic rings. The van der Waals surface area contributed by atoms with Gasteiger partial charge in [-0.3, -0.25) is 0 Å². The fourth-order valence-electron chi connectivity index (χ4n) is 2.60. The molecule has 0 saturated carbocycles. The molecule has 0 aliphatic carbocycles. The minimum Gasteiger partial charge on any atom is -0.493 e. The van der Waals surface area contributed by atoms with Gasteiger partial charge in [0.15, 0.2) is 21.3 Å². The number of ether oxygens (including phenoxy) is 2. The Morgan fingerprint density at radius 2 is 1.46 bits per heavy atom. The van der Waals surface area contributed by atoms with Gasteiger partial charge in [-0.25, -0.2) is 16.8 Å². The van der Waals surface area contributed by atoms with Crippen molar-refractivity contribution in [1.29, 1.82) is 0 Å². The first-order chi connectivity index (χ1) is 12.9. The molecule has 28 heavy (non-hydrogen) atoms. The standard InChI is InChI=1S/C18H22BrNO6S2/c1-12(13-6-8-14(9-7-13)27(5,21)22)20(2)28(23,24)18-11-17(26-4)16(25-3)10-15(18)19/h6-12H,1-5H3/t12-/m1/s1. The van der Waals surface area contributed by atoms with E-state index in [1.54, 1.807) is 19.1 Å². The van der Waals surface area contributed by atoms with Crippen LogP contribution < -0.4 is 9.47 Å². The zero-order valence-corrected chi connectivity index (χ0v) is 19.4. The summed E-state index contributed by atoms with van der Waals surface area (Å²) in [5.41, 5.74) is 0.662. The van der Waals surface area contributed by atoms with Crippen LogP contribution in [0.3, 0.4) is 0 Å². The number of hydrogen-bond acceptors (Lipinski definition) is 6. The molecule has 2 aromatic rings. The first-order valence-electron chi connectivity index (χ1n) is 8.13. The predicted octanol–water partition coefficient (Wildman–Crippen LogP) is 3.25. The van der Waals surface area contributed by atoms with Gasteiger partial charge in [0.2, 0.25) is 10.0 Å². The molecule has 10 heteroatoms. The summed E-state index contributed by atoms with van der Waals surface area (Å²) in [6.45, 7) is 1.72. The Bertz CT molecular complexity index is 1070. The largest absolute Gasteiger partial charge is 0.493 e. The van der Waals surface area contributed by atoms with Gasteiger partial charge in [0.1, 0.15) is 4.90 Å². The molecule has 2 aromatic carbocycles. The summed E-state index contributed by atoms with van der Waals surface area (Å²) < 4.78 is 61.5. The van der Waals surface area contributed by atoms with E-state index in [1.807, 2.05) is 0 Å². The summed E-state index contributed by atoms with van der Waals surface area (Å²) in [7, 11) is -2.84. The molecule has 7 nitrogen and oxygen atoms in total. The number of sulfonamides is 1. The Hall–Kier alpha value is -1.62. The maximum absolute atomic E-state index is 13.2. The third-order valence-electron chi connectivity index (χ3n) is 4.43. The molecule has 154 valence electrons. The topological polar surface area (TPSA) is 90.0 Å². The number of halogens is 1. The highest BCUT2D eigenvalue weighted by molar-refractivity contribution is 9.10. The zero-order chi connectivity index (χ0) is 21.3. The van der Waals surface area contributed by atoms with E-state index >= 15 is 0 Å². The van der Waals surface area contributed by atoms with Crippen LogP contribution in [-0.4, -0.2) is 48.7 Å². The number of sulfone groups is 1. The van der Waals surface area contributed by atoms with Crippen molar-refractivity contribution in [2.75, 3.05) is 27.5 Å². The van der Waals surface area contributed by atoms with Crippen LogP contribution in [0.2, 0.25) is 0 Å². The molecule has 0 aliphatic heterocycles. The second-order valence-electron chi connectivity index (χ2n) is 6.18. The van der Waals surface area contributed by atoms with Gasteiger partial charge in [0.25, 0.3) is 0 Å². The van der Waals surface area contributed by atoms with Crippen LogP contribution >= 0.6 is 15.9 Å². The Balaban J connectivity index is 2.43. The molecule has 0 radical (unpaired) electrons. The van der Waals surface area contributed by atoms with E-state index < -0.39 is 25.9 Å². The molecular weight excluding hydrogens is 470 g/mol. The van der Waals surface area contributed by atoms with Crippen molar-refractivity contribution >= 4 is 35.8 Å². The lowest BCUT2D eigenvalue weighted by molar-refractivity contribution is 0.352. The van der Waals surface area contributed by atoms with Gasteiger partial charge in [-0.2, -0.15) is 4.31 Å². The SMILES string of the molecule is COc1cc(Br)c(S(=O)(=O)N(C)[C@H](C)c2ccc(S(C)(=O)=O)cc2)cc1OC. The van der Waals surface area contributed by atoms with E-state index in [1.165, 1.54) is 49.8 Å². The molecular formula is C18H22BrNO6S2. The van der Waals surface area contributed by atoms with Crippen LogP contribution in [0.15, 0.2) is 50.7 Å². The number of rotatable bonds is 7. The van der Waals surface area contributed by atoms with Crippen molar-refractivity contribution < 1.29 is 26.3 Å². The van der Waals surface area contributed by atoms with Crippen molar-refractivity contribution in [2.45, 2.75) is 22.8 Å². The van der Waals surface area contributed by atoms with Crippen LogP contribution in [0.4, 0.5) is 0 Å². The highest BCUT2D eigenvalue weighted by atomic mass is 79.9. The summed E-state index contributed by atoms with van der Waals surface area (Å²) in [6.07, 6.45) is 1.12. The summed E-state index contributed by atoms with van der Waals surface area (Å²) in [5, 5.41) is 0. The molecule has 1 atom stereocenters. The van der Waals surface area contributed by atoms with E-state index in [9.17, 15) is 16.8 Å². The van der Waals surface area contributed by atoms with Crippen LogP contribution in [0.5, 0.6) is 11.5 Å². The van der Waals surface area contributed by atoms with Gasteiger partial charge in [-0.15, -0.1) is 0 Å². The van der Waals surface area contributed by atoms with Gasteiger partial charge in [0, 0.05) is 29.9 Å². The van der Waals surface area contributed by atoms with Crippen molar-refractivity contribution in [1.82, 2.24) is 4.31 Å². The zero-order valence-electron chi connectivity index (χ0n) is 16.1. The van der Waals surface area contributed by atoms with Crippen molar-refractivity contribution in [3.8, 4) is 11.5 Å². The lowest BCUT2D eigenvalue weighted by Crippen LogP contribution is -2.30. The fraction of sp³-hybridized carbons (Fsp3) is 0.333. The lowest BCUT2D eigenvalue weighted by atomic mass is 10.1. The average Bonchev–Trinajstić information content (AvgIpc) is 2.65. The molecule has 0 fully saturated rings. The molecule has 0 aromatic heterocycles. The third-order valence-corrected chi connectivity index (χ3v) is 8.45. The first-order valence-corrected chi connectivity index (χ1v) is 12.3. The molecule has 0 unspecified atom stereocenters. The Labute approximate surface area is 174 Å². The van der Waals surface area contributed by atoms with Crippen molar-refractivity contribution in [2.24, 2.45) is 0 Å². The van der Waals surface area contributed by atoms with Crippen LogP contribution in [0, 0.1) is 0 Å². The quantitative estimate of drug-likeness (QED) is 0.590. The number of nitrogens with zero attached hydrogens (tertiary/aromatic N) is 1. The Morgan fingerprint density at radius 3 is 1.93 bits per heavy atom. The van der Waals surface area contributed by atoms with Crippen LogP contribution in [-0.2, 0) is 19.9 Å². The molecule has 2 rings (SSSR count). The van der Waals surface area contributed by atoms with E-state index in [-0.39, 0.29) is 9.79 Å². The van der Waals surface area contributed by atoms with E-state index in [0.717, 1.165) is 6.26 Å². The van der Waals surface area contributed by atoms with E-state index in [0.29, 0.717) is 21.5 Å². The summed E-state index contributed by atoms with van der Waals surface area (Å²) in [5.74, 6) is 0.697. The minimum absolute atomic E-state index is 0.0345. The first kappa shape index (κ1) is 22.7. The fourth-order valence-corrected chi connectivity index (χ4v) is 5.58. The molecule has 0 amide bonds. The Kier molecular flexibility index (Phi) is 6.80. The van der Waals surface area contributed by atoms with Crippen molar-refractivity contribution in [3.63, 3.8) is 0 Å². The minimum atomic E-state index is -3.88. The molecule has 0 spiro atoms. The highest BCUT2D eigenvalue weighted by Crippen LogP contribution is 2.38. The summed E-state index contributed by atoms with van der Waals surface area (Å²) >= 11 is 3.28. The summed E-state index contributed by atoms with van der Waals surface area (Å²) in [6, 6.07) is 8.55. The van der Waals surface area contributed by atoms with Crippen LogP contribution in [0.1, 0.15) is 18.5 Å². The van der Waals surface area contributed by atoms with Gasteiger partial charge < -0.3 is 9.47 Å². The van der Waals surface area contributed by atoms with Gasteiger partial charge >= 0.3 is 0 Å². The molecule has 0 N–H and O–H groups in total. The average molecular weight is 492 g/mol. The van der Waals surface area contributed by atoms with Crippen LogP contribution in [0.25, 0.3) is 0 Å². The predicted molar refractivity (Wildman–Crippen MR) is 110 cm³/mol. The summed E-state index contributed by atoms with van der Waals surface area (Å²) in [4.78, 5) is 0.212. The maximum atomic E-state index is 13.2. The van der Waals surface area contributed by atoms with Crippen molar-refractivity contribution in [3.05, 3.63) is 46.4 Å². The molecule has 0 heterocycles. The number of benzene rings is 2. The third kappa shape index (κ3) is 4.51. The molecule has 0 saturated heterocycles. The second-order valence-corrected chi connectivity index (χ2v) is 11.0. The number of hydrogen-bond donors (Lipinski definition) is 0. The second kappa shape index (κ2) is 8.40. The monoisotopic (exact) mass is 491 g/mol. The Morgan fingerprint density at radius 1 is 0.964 bits per heavy atom. The smallest absolute Gasteiger partial charge is 0.244 e. The van der Waals surface area contributed by atoms with Gasteiger partial charge in [0.05, 0.1) is 19.1 Å². The number of methoxy groups -OCH3 is 2.